The van der Waals surface area contributed by atoms with Crippen molar-refractivity contribution in [1.29, 1.82) is 0 Å². The molecule has 0 fully saturated rings. The molecule has 0 aliphatic carbocycles. The molecular weight excluding hydrogens is 226 g/mol. The molecule has 0 spiro atoms. The van der Waals surface area contributed by atoms with Gasteiger partial charge in [0.05, 0.1) is 23.8 Å². The van der Waals surface area contributed by atoms with Crippen LogP contribution < -0.4 is 10.5 Å². The third kappa shape index (κ3) is 3.67. The maximum atomic E-state index is 6.10. The number of methoxy groups -OCH3 is 1. The van der Waals surface area contributed by atoms with Crippen molar-refractivity contribution in [1.82, 2.24) is 0 Å². The summed E-state index contributed by atoms with van der Waals surface area (Å²) in [6, 6.07) is 5.42. The average molecular weight is 244 g/mol. The Labute approximate surface area is 101 Å². The van der Waals surface area contributed by atoms with Crippen molar-refractivity contribution in [3.8, 4) is 5.75 Å². The topological polar surface area (TPSA) is 44.5 Å². The van der Waals surface area contributed by atoms with Crippen LogP contribution in [0.4, 0.5) is 0 Å². The summed E-state index contributed by atoms with van der Waals surface area (Å²) in [7, 11) is 1.62. The van der Waals surface area contributed by atoms with E-state index < -0.39 is 0 Å². The normalized spacial score (nSPS) is 12.9. The largest absolute Gasteiger partial charge is 0.489 e. The SMILES string of the molecule is COCC(N)c1ccc(OC(C)C)c(Cl)c1. The van der Waals surface area contributed by atoms with Gasteiger partial charge in [-0.05, 0) is 31.5 Å². The van der Waals surface area contributed by atoms with Crippen LogP contribution in [0.3, 0.4) is 0 Å². The molecule has 0 aliphatic rings. The fourth-order valence-electron chi connectivity index (χ4n) is 1.37. The number of benzene rings is 1. The van der Waals surface area contributed by atoms with E-state index in [9.17, 15) is 0 Å². The van der Waals surface area contributed by atoms with Gasteiger partial charge in [0.1, 0.15) is 5.75 Å². The van der Waals surface area contributed by atoms with Gasteiger partial charge in [-0.3, -0.25) is 0 Å². The fourth-order valence-corrected chi connectivity index (χ4v) is 1.61. The Bertz CT molecular complexity index is 342. The second-order valence-electron chi connectivity index (χ2n) is 3.92. The summed E-state index contributed by atoms with van der Waals surface area (Å²) in [5.41, 5.74) is 6.85. The lowest BCUT2D eigenvalue weighted by Gasteiger charge is -2.15. The second kappa shape index (κ2) is 6.09. The van der Waals surface area contributed by atoms with E-state index >= 15 is 0 Å². The van der Waals surface area contributed by atoms with Gasteiger partial charge in [0, 0.05) is 7.11 Å². The van der Waals surface area contributed by atoms with E-state index in [4.69, 9.17) is 26.8 Å². The Balaban J connectivity index is 2.82. The minimum Gasteiger partial charge on any atom is -0.489 e. The molecule has 1 rings (SSSR count). The zero-order valence-electron chi connectivity index (χ0n) is 9.87. The number of halogens is 1. The standard InChI is InChI=1S/C12H18ClNO2/c1-8(2)16-12-5-4-9(6-10(12)13)11(14)7-15-3/h4-6,8,11H,7,14H2,1-3H3. The molecule has 90 valence electrons. The predicted molar refractivity (Wildman–Crippen MR) is 66.0 cm³/mol. The number of ether oxygens (including phenoxy) is 2. The van der Waals surface area contributed by atoms with Crippen molar-refractivity contribution in [2.75, 3.05) is 13.7 Å². The molecule has 0 aromatic heterocycles. The van der Waals surface area contributed by atoms with Gasteiger partial charge in [0.25, 0.3) is 0 Å². The summed E-state index contributed by atoms with van der Waals surface area (Å²) >= 11 is 6.10. The molecule has 1 aromatic carbocycles. The first-order valence-corrected chi connectivity index (χ1v) is 5.63. The summed E-state index contributed by atoms with van der Waals surface area (Å²) in [5.74, 6) is 0.685. The van der Waals surface area contributed by atoms with Gasteiger partial charge >= 0.3 is 0 Å². The van der Waals surface area contributed by atoms with E-state index in [2.05, 4.69) is 0 Å². The quantitative estimate of drug-likeness (QED) is 0.865. The zero-order valence-corrected chi connectivity index (χ0v) is 10.6. The molecule has 16 heavy (non-hydrogen) atoms. The second-order valence-corrected chi connectivity index (χ2v) is 4.33. The minimum absolute atomic E-state index is 0.107. The Kier molecular flexibility index (Phi) is 5.06. The van der Waals surface area contributed by atoms with E-state index in [1.165, 1.54) is 0 Å². The van der Waals surface area contributed by atoms with Gasteiger partial charge in [0.15, 0.2) is 0 Å². The molecule has 0 bridgehead atoms. The van der Waals surface area contributed by atoms with Gasteiger partial charge < -0.3 is 15.2 Å². The van der Waals surface area contributed by atoms with Crippen LogP contribution in [0, 0.1) is 0 Å². The van der Waals surface area contributed by atoms with Crippen LogP contribution in [0.2, 0.25) is 5.02 Å². The molecule has 1 atom stereocenters. The van der Waals surface area contributed by atoms with Crippen molar-refractivity contribution >= 4 is 11.6 Å². The number of hydrogen-bond acceptors (Lipinski definition) is 3. The first-order chi connectivity index (χ1) is 7.54. The van der Waals surface area contributed by atoms with Crippen molar-refractivity contribution < 1.29 is 9.47 Å². The van der Waals surface area contributed by atoms with Crippen molar-refractivity contribution in [2.45, 2.75) is 26.0 Å². The highest BCUT2D eigenvalue weighted by molar-refractivity contribution is 6.32. The van der Waals surface area contributed by atoms with Crippen LogP contribution in [0.25, 0.3) is 0 Å². The van der Waals surface area contributed by atoms with Crippen molar-refractivity contribution in [2.24, 2.45) is 5.73 Å². The van der Waals surface area contributed by atoms with Crippen LogP contribution >= 0.6 is 11.6 Å². The van der Waals surface area contributed by atoms with Crippen LogP contribution in [0.1, 0.15) is 25.5 Å². The Hall–Kier alpha value is -0.770. The van der Waals surface area contributed by atoms with Gasteiger partial charge in [-0.1, -0.05) is 17.7 Å². The maximum absolute atomic E-state index is 6.10. The van der Waals surface area contributed by atoms with E-state index in [-0.39, 0.29) is 12.1 Å². The zero-order chi connectivity index (χ0) is 12.1. The predicted octanol–water partition coefficient (Wildman–Crippen LogP) is 2.77. The Morgan fingerprint density at radius 3 is 2.56 bits per heavy atom. The molecule has 1 aromatic rings. The molecule has 0 saturated carbocycles. The summed E-state index contributed by atoms with van der Waals surface area (Å²) in [6.45, 7) is 4.39. The van der Waals surface area contributed by atoms with Crippen LogP contribution in [0.5, 0.6) is 5.75 Å². The van der Waals surface area contributed by atoms with Gasteiger partial charge in [-0.15, -0.1) is 0 Å². The third-order valence-corrected chi connectivity index (χ3v) is 2.39. The van der Waals surface area contributed by atoms with Crippen LogP contribution in [-0.4, -0.2) is 19.8 Å². The summed E-state index contributed by atoms with van der Waals surface area (Å²) in [5, 5.41) is 0.581. The highest BCUT2D eigenvalue weighted by Crippen LogP contribution is 2.28. The number of rotatable bonds is 5. The molecule has 0 radical (unpaired) electrons. The number of nitrogens with two attached hydrogens (primary N) is 1. The lowest BCUT2D eigenvalue weighted by molar-refractivity contribution is 0.181. The van der Waals surface area contributed by atoms with E-state index in [0.29, 0.717) is 17.4 Å². The average Bonchev–Trinajstić information content (AvgIpc) is 2.20. The number of hydrogen-bond donors (Lipinski definition) is 1. The molecule has 0 amide bonds. The molecular formula is C12H18ClNO2. The molecule has 4 heteroatoms. The lowest BCUT2D eigenvalue weighted by atomic mass is 10.1. The van der Waals surface area contributed by atoms with Crippen molar-refractivity contribution in [3.63, 3.8) is 0 Å². The maximum Gasteiger partial charge on any atom is 0.138 e. The van der Waals surface area contributed by atoms with Gasteiger partial charge in [-0.25, -0.2) is 0 Å². The first kappa shape index (κ1) is 13.3. The van der Waals surface area contributed by atoms with Gasteiger partial charge in [0.2, 0.25) is 0 Å². The Morgan fingerprint density at radius 2 is 2.06 bits per heavy atom. The molecule has 0 heterocycles. The smallest absolute Gasteiger partial charge is 0.138 e. The van der Waals surface area contributed by atoms with Crippen LogP contribution in [-0.2, 0) is 4.74 Å². The summed E-state index contributed by atoms with van der Waals surface area (Å²) in [6.07, 6.45) is 0.107. The summed E-state index contributed by atoms with van der Waals surface area (Å²) < 4.78 is 10.5. The monoisotopic (exact) mass is 243 g/mol. The van der Waals surface area contributed by atoms with E-state index in [0.717, 1.165) is 5.56 Å². The van der Waals surface area contributed by atoms with Crippen LogP contribution in [0.15, 0.2) is 18.2 Å². The third-order valence-electron chi connectivity index (χ3n) is 2.09. The molecule has 2 N–H and O–H groups in total. The molecule has 1 unspecified atom stereocenters. The molecule has 3 nitrogen and oxygen atoms in total. The van der Waals surface area contributed by atoms with E-state index in [1.807, 2.05) is 32.0 Å². The van der Waals surface area contributed by atoms with Gasteiger partial charge in [-0.2, -0.15) is 0 Å². The fraction of sp³-hybridized carbons (Fsp3) is 0.500. The van der Waals surface area contributed by atoms with E-state index in [1.54, 1.807) is 7.11 Å². The summed E-state index contributed by atoms with van der Waals surface area (Å²) in [4.78, 5) is 0. The molecule has 0 aliphatic heterocycles. The minimum atomic E-state index is -0.157. The first-order valence-electron chi connectivity index (χ1n) is 5.25. The van der Waals surface area contributed by atoms with Crippen molar-refractivity contribution in [3.05, 3.63) is 28.8 Å². The lowest BCUT2D eigenvalue weighted by Crippen LogP contribution is -2.16. The highest BCUT2D eigenvalue weighted by atomic mass is 35.5. The highest BCUT2D eigenvalue weighted by Gasteiger charge is 2.09. The molecule has 0 saturated heterocycles. The Morgan fingerprint density at radius 1 is 1.38 bits per heavy atom.